The van der Waals surface area contributed by atoms with Gasteiger partial charge >= 0.3 is 5.97 Å². The third-order valence-electron chi connectivity index (χ3n) is 3.82. The zero-order valence-corrected chi connectivity index (χ0v) is 16.0. The first-order chi connectivity index (χ1) is 12.9. The van der Waals surface area contributed by atoms with Crippen LogP contribution in [0.5, 0.6) is 0 Å². The number of hydrogen-bond donors (Lipinski definition) is 1. The molecule has 0 saturated carbocycles. The van der Waals surface area contributed by atoms with Crippen molar-refractivity contribution in [2.45, 2.75) is 33.4 Å². The van der Waals surface area contributed by atoms with Crippen molar-refractivity contribution in [2.75, 3.05) is 5.32 Å². The molecule has 8 heteroatoms. The van der Waals surface area contributed by atoms with Gasteiger partial charge in [0, 0.05) is 5.69 Å². The molecule has 0 atom stereocenters. The number of benzene rings is 1. The Hall–Kier alpha value is -3.00. The molecule has 1 amide bonds. The SMILES string of the molecule is Cc1c(C(=O)Nc2ccccc2)sc2ncn(CC(=O)OC(C)C)c(=O)c12. The summed E-state index contributed by atoms with van der Waals surface area (Å²) in [7, 11) is 0. The van der Waals surface area contributed by atoms with E-state index in [0.717, 1.165) is 11.3 Å². The molecular formula is C19H19N3O4S. The summed E-state index contributed by atoms with van der Waals surface area (Å²) in [6, 6.07) is 9.07. The molecule has 1 N–H and O–H groups in total. The quantitative estimate of drug-likeness (QED) is 0.682. The van der Waals surface area contributed by atoms with Gasteiger partial charge in [0.05, 0.1) is 22.7 Å². The number of esters is 1. The first kappa shape index (κ1) is 18.8. The van der Waals surface area contributed by atoms with Gasteiger partial charge in [0.2, 0.25) is 0 Å². The van der Waals surface area contributed by atoms with E-state index in [1.165, 1.54) is 10.9 Å². The number of hydrogen-bond acceptors (Lipinski definition) is 6. The van der Waals surface area contributed by atoms with E-state index in [1.54, 1.807) is 32.9 Å². The molecule has 140 valence electrons. The Morgan fingerprint density at radius 3 is 2.63 bits per heavy atom. The van der Waals surface area contributed by atoms with Crippen LogP contribution in [0.25, 0.3) is 10.2 Å². The van der Waals surface area contributed by atoms with Crippen molar-refractivity contribution in [2.24, 2.45) is 0 Å². The fraction of sp³-hybridized carbons (Fsp3) is 0.263. The predicted octanol–water partition coefficient (Wildman–Crippen LogP) is 2.97. The summed E-state index contributed by atoms with van der Waals surface area (Å²) in [5.74, 6) is -0.810. The Kier molecular flexibility index (Phi) is 5.36. The molecule has 2 heterocycles. The molecule has 27 heavy (non-hydrogen) atoms. The van der Waals surface area contributed by atoms with E-state index >= 15 is 0 Å². The van der Waals surface area contributed by atoms with Gasteiger partial charge in [0.1, 0.15) is 11.4 Å². The number of amides is 1. The zero-order chi connectivity index (χ0) is 19.6. The normalized spacial score (nSPS) is 11.0. The second-order valence-corrected chi connectivity index (χ2v) is 7.27. The fourth-order valence-electron chi connectivity index (χ4n) is 2.64. The van der Waals surface area contributed by atoms with Gasteiger partial charge in [0.25, 0.3) is 11.5 Å². The van der Waals surface area contributed by atoms with E-state index in [1.807, 2.05) is 18.2 Å². The lowest BCUT2D eigenvalue weighted by molar-refractivity contribution is -0.148. The van der Waals surface area contributed by atoms with E-state index in [9.17, 15) is 14.4 Å². The van der Waals surface area contributed by atoms with Gasteiger partial charge in [-0.25, -0.2) is 4.98 Å². The van der Waals surface area contributed by atoms with E-state index in [2.05, 4.69) is 10.3 Å². The molecule has 3 rings (SSSR count). The van der Waals surface area contributed by atoms with Crippen LogP contribution >= 0.6 is 11.3 Å². The number of nitrogens with one attached hydrogen (secondary N) is 1. The molecule has 0 aliphatic heterocycles. The predicted molar refractivity (Wildman–Crippen MR) is 104 cm³/mol. The number of thiophene rings is 1. The monoisotopic (exact) mass is 385 g/mol. The zero-order valence-electron chi connectivity index (χ0n) is 15.2. The van der Waals surface area contributed by atoms with Crippen molar-refractivity contribution in [3.8, 4) is 0 Å². The van der Waals surface area contributed by atoms with Crippen LogP contribution in [0.4, 0.5) is 5.69 Å². The topological polar surface area (TPSA) is 90.3 Å². The third-order valence-corrected chi connectivity index (χ3v) is 5.02. The summed E-state index contributed by atoms with van der Waals surface area (Å²) in [5.41, 5.74) is 0.849. The van der Waals surface area contributed by atoms with Gasteiger partial charge in [-0.2, -0.15) is 0 Å². The van der Waals surface area contributed by atoms with Gasteiger partial charge in [-0.1, -0.05) is 18.2 Å². The Morgan fingerprint density at radius 1 is 1.26 bits per heavy atom. The van der Waals surface area contributed by atoms with Gasteiger partial charge in [-0.3, -0.25) is 19.0 Å². The van der Waals surface area contributed by atoms with Gasteiger partial charge in [0.15, 0.2) is 0 Å². The van der Waals surface area contributed by atoms with Crippen molar-refractivity contribution >= 4 is 39.1 Å². The molecule has 3 aromatic rings. The summed E-state index contributed by atoms with van der Waals surface area (Å²) in [5, 5.41) is 3.15. The molecule has 0 bridgehead atoms. The van der Waals surface area contributed by atoms with Crippen LogP contribution in [-0.4, -0.2) is 27.5 Å². The second-order valence-electron chi connectivity index (χ2n) is 6.27. The average molecular weight is 385 g/mol. The Morgan fingerprint density at radius 2 is 1.96 bits per heavy atom. The lowest BCUT2D eigenvalue weighted by Gasteiger charge is -2.09. The van der Waals surface area contributed by atoms with Crippen LogP contribution in [0.2, 0.25) is 0 Å². The van der Waals surface area contributed by atoms with Gasteiger partial charge < -0.3 is 10.1 Å². The third kappa shape index (κ3) is 4.06. The standard InChI is InChI=1S/C19H19N3O4S/c1-11(2)26-14(23)9-22-10-20-18-15(19(22)25)12(3)16(27-18)17(24)21-13-7-5-4-6-8-13/h4-8,10-11H,9H2,1-3H3,(H,21,24). The highest BCUT2D eigenvalue weighted by Gasteiger charge is 2.20. The van der Waals surface area contributed by atoms with E-state index < -0.39 is 5.97 Å². The number of para-hydroxylation sites is 1. The summed E-state index contributed by atoms with van der Waals surface area (Å²) in [6.07, 6.45) is 1.04. The first-order valence-electron chi connectivity index (χ1n) is 8.41. The molecule has 1 aromatic carbocycles. The molecule has 2 aromatic heterocycles. The molecule has 0 fully saturated rings. The molecule has 0 unspecified atom stereocenters. The van der Waals surface area contributed by atoms with Crippen molar-refractivity contribution in [1.82, 2.24) is 9.55 Å². The van der Waals surface area contributed by atoms with Crippen LogP contribution in [0.3, 0.4) is 0 Å². The lowest BCUT2D eigenvalue weighted by Crippen LogP contribution is -2.27. The van der Waals surface area contributed by atoms with Crippen molar-refractivity contribution in [1.29, 1.82) is 0 Å². The highest BCUT2D eigenvalue weighted by atomic mass is 32.1. The maximum atomic E-state index is 12.8. The number of nitrogens with zero attached hydrogens (tertiary/aromatic N) is 2. The molecule has 0 spiro atoms. The van der Waals surface area contributed by atoms with Crippen LogP contribution in [-0.2, 0) is 16.1 Å². The lowest BCUT2D eigenvalue weighted by atomic mass is 10.2. The Labute approximate surface area is 159 Å². The van der Waals surface area contributed by atoms with E-state index in [-0.39, 0.29) is 24.1 Å². The number of rotatable bonds is 5. The van der Waals surface area contributed by atoms with Crippen molar-refractivity contribution < 1.29 is 14.3 Å². The Bertz CT molecular complexity index is 1050. The number of ether oxygens (including phenoxy) is 1. The number of fused-ring (bicyclic) bond motifs is 1. The molecule has 7 nitrogen and oxygen atoms in total. The van der Waals surface area contributed by atoms with Crippen LogP contribution < -0.4 is 10.9 Å². The first-order valence-corrected chi connectivity index (χ1v) is 9.23. The summed E-state index contributed by atoms with van der Waals surface area (Å²) < 4.78 is 6.27. The van der Waals surface area contributed by atoms with E-state index in [4.69, 9.17) is 4.74 Å². The van der Waals surface area contributed by atoms with Gasteiger partial charge in [-0.15, -0.1) is 11.3 Å². The molecular weight excluding hydrogens is 366 g/mol. The minimum Gasteiger partial charge on any atom is -0.462 e. The largest absolute Gasteiger partial charge is 0.462 e. The van der Waals surface area contributed by atoms with Crippen LogP contribution in [0.1, 0.15) is 29.1 Å². The van der Waals surface area contributed by atoms with Crippen molar-refractivity contribution in [3.05, 3.63) is 57.5 Å². The molecule has 0 aliphatic carbocycles. The van der Waals surface area contributed by atoms with Crippen LogP contribution in [0.15, 0.2) is 41.5 Å². The highest BCUT2D eigenvalue weighted by Crippen LogP contribution is 2.27. The average Bonchev–Trinajstić information content (AvgIpc) is 2.95. The fourth-order valence-corrected chi connectivity index (χ4v) is 3.67. The van der Waals surface area contributed by atoms with E-state index in [0.29, 0.717) is 26.3 Å². The number of carbonyl (C=O) groups is 2. The van der Waals surface area contributed by atoms with Gasteiger partial charge in [-0.05, 0) is 38.5 Å². The second kappa shape index (κ2) is 7.71. The van der Waals surface area contributed by atoms with Crippen molar-refractivity contribution in [3.63, 3.8) is 0 Å². The maximum Gasteiger partial charge on any atom is 0.326 e. The summed E-state index contributed by atoms with van der Waals surface area (Å²) >= 11 is 1.15. The number of aryl methyl sites for hydroxylation is 1. The smallest absolute Gasteiger partial charge is 0.326 e. The number of anilines is 1. The minimum absolute atomic E-state index is 0.221. The molecule has 0 aliphatic rings. The number of carbonyl (C=O) groups excluding carboxylic acids is 2. The minimum atomic E-state index is -0.511. The summed E-state index contributed by atoms with van der Waals surface area (Å²) in [6.45, 7) is 4.96. The summed E-state index contributed by atoms with van der Waals surface area (Å²) in [4.78, 5) is 42.3. The maximum absolute atomic E-state index is 12.8. The molecule has 0 radical (unpaired) electrons. The number of aromatic nitrogens is 2. The molecule has 0 saturated heterocycles. The highest BCUT2D eigenvalue weighted by molar-refractivity contribution is 7.20. The van der Waals surface area contributed by atoms with Crippen LogP contribution in [0, 0.1) is 6.92 Å². The Balaban J connectivity index is 1.93.